The van der Waals surface area contributed by atoms with Gasteiger partial charge in [-0.2, -0.15) is 0 Å². The van der Waals surface area contributed by atoms with Gasteiger partial charge >= 0.3 is 0 Å². The van der Waals surface area contributed by atoms with Gasteiger partial charge in [0, 0.05) is 43.4 Å². The van der Waals surface area contributed by atoms with Crippen molar-refractivity contribution in [2.75, 3.05) is 47.0 Å². The van der Waals surface area contributed by atoms with Crippen molar-refractivity contribution in [2.45, 2.75) is 26.3 Å². The maximum absolute atomic E-state index is 13.1. The van der Waals surface area contributed by atoms with Gasteiger partial charge in [0.2, 0.25) is 0 Å². The number of ketones is 1. The van der Waals surface area contributed by atoms with E-state index in [1.165, 1.54) is 12.5 Å². The second-order valence-corrected chi connectivity index (χ2v) is 8.41. The normalized spacial score (nSPS) is 14.8. The fraction of sp³-hybridized carbons (Fsp3) is 0.462. The zero-order valence-corrected chi connectivity index (χ0v) is 19.4. The van der Waals surface area contributed by atoms with E-state index in [9.17, 15) is 9.59 Å². The van der Waals surface area contributed by atoms with Crippen LogP contribution in [0, 0.1) is 5.92 Å². The molecule has 1 heterocycles. The Morgan fingerprint density at radius 2 is 1.66 bits per heavy atom. The highest BCUT2D eigenvalue weighted by atomic mass is 16.5. The summed E-state index contributed by atoms with van der Waals surface area (Å²) in [7, 11) is 3.37. The quantitative estimate of drug-likeness (QED) is 0.527. The second-order valence-electron chi connectivity index (χ2n) is 8.41. The minimum atomic E-state index is -0.00592. The lowest BCUT2D eigenvalue weighted by molar-refractivity contribution is 0.0617. The monoisotopic (exact) mass is 438 g/mol. The van der Waals surface area contributed by atoms with E-state index >= 15 is 0 Å². The van der Waals surface area contributed by atoms with Crippen LogP contribution in [0.1, 0.15) is 46.0 Å². The van der Waals surface area contributed by atoms with E-state index in [4.69, 9.17) is 9.47 Å². The molecule has 2 aromatic rings. The lowest BCUT2D eigenvalue weighted by atomic mass is 9.95. The molecule has 0 radical (unpaired) electrons. The van der Waals surface area contributed by atoms with Gasteiger partial charge in [0.25, 0.3) is 5.91 Å². The summed E-state index contributed by atoms with van der Waals surface area (Å²) in [6.07, 6.45) is 2.10. The van der Waals surface area contributed by atoms with Crippen molar-refractivity contribution < 1.29 is 19.1 Å². The van der Waals surface area contributed by atoms with Crippen LogP contribution in [0.15, 0.2) is 48.5 Å². The van der Waals surface area contributed by atoms with Crippen molar-refractivity contribution in [3.8, 4) is 5.75 Å². The molecular weight excluding hydrogens is 404 g/mol. The molecule has 32 heavy (non-hydrogen) atoms. The Hall–Kier alpha value is -2.70. The SMILES string of the molecule is COCCN(CC1CCN(Cc2ccccc2OC)CC1)C(=O)c1ccc(C(C)=O)cc1. The van der Waals surface area contributed by atoms with Gasteiger partial charge in [0.1, 0.15) is 5.75 Å². The van der Waals surface area contributed by atoms with Crippen LogP contribution in [0.4, 0.5) is 0 Å². The van der Waals surface area contributed by atoms with Crippen LogP contribution in [0.3, 0.4) is 0 Å². The number of benzene rings is 2. The van der Waals surface area contributed by atoms with Crippen LogP contribution < -0.4 is 4.74 Å². The van der Waals surface area contributed by atoms with Gasteiger partial charge in [0.15, 0.2) is 5.78 Å². The highest BCUT2D eigenvalue weighted by molar-refractivity contribution is 5.97. The number of likely N-dealkylation sites (tertiary alicyclic amines) is 1. The van der Waals surface area contributed by atoms with Crippen molar-refractivity contribution in [3.63, 3.8) is 0 Å². The van der Waals surface area contributed by atoms with Gasteiger partial charge < -0.3 is 14.4 Å². The average molecular weight is 439 g/mol. The number of Topliss-reactive ketones (excluding diaryl/α,β-unsaturated/α-hetero) is 1. The Balaban J connectivity index is 1.58. The smallest absolute Gasteiger partial charge is 0.253 e. The lowest BCUT2D eigenvalue weighted by Crippen LogP contribution is -2.42. The number of para-hydroxylation sites is 1. The van der Waals surface area contributed by atoms with E-state index < -0.39 is 0 Å². The van der Waals surface area contributed by atoms with Crippen molar-refractivity contribution in [3.05, 3.63) is 65.2 Å². The Labute approximate surface area is 191 Å². The van der Waals surface area contributed by atoms with Crippen LogP contribution in [0.25, 0.3) is 0 Å². The van der Waals surface area contributed by atoms with Gasteiger partial charge in [-0.05, 0) is 57.0 Å². The predicted octanol–water partition coefficient (Wildman–Crippen LogP) is 3.90. The number of nitrogens with zero attached hydrogens (tertiary/aromatic N) is 2. The maximum atomic E-state index is 13.1. The minimum Gasteiger partial charge on any atom is -0.496 e. The Morgan fingerprint density at radius 1 is 1.00 bits per heavy atom. The first-order chi connectivity index (χ1) is 15.5. The second kappa shape index (κ2) is 11.8. The van der Waals surface area contributed by atoms with E-state index in [1.54, 1.807) is 38.5 Å². The molecule has 1 fully saturated rings. The number of rotatable bonds is 10. The van der Waals surface area contributed by atoms with E-state index in [0.29, 0.717) is 30.2 Å². The zero-order chi connectivity index (χ0) is 22.9. The minimum absolute atomic E-state index is 0.000112. The molecule has 1 aliphatic heterocycles. The van der Waals surface area contributed by atoms with Gasteiger partial charge in [-0.25, -0.2) is 0 Å². The van der Waals surface area contributed by atoms with Crippen molar-refractivity contribution >= 4 is 11.7 Å². The Morgan fingerprint density at radius 3 is 2.28 bits per heavy atom. The van der Waals surface area contributed by atoms with Crippen molar-refractivity contribution in [1.29, 1.82) is 0 Å². The van der Waals surface area contributed by atoms with Gasteiger partial charge in [-0.1, -0.05) is 30.3 Å². The molecule has 0 saturated carbocycles. The number of methoxy groups -OCH3 is 2. The van der Waals surface area contributed by atoms with Crippen molar-refractivity contribution in [2.24, 2.45) is 5.92 Å². The molecule has 0 aromatic heterocycles. The molecule has 0 atom stereocenters. The molecular formula is C26H34N2O4. The molecule has 0 N–H and O–H groups in total. The molecule has 3 rings (SSSR count). The predicted molar refractivity (Wildman–Crippen MR) is 125 cm³/mol. The summed E-state index contributed by atoms with van der Waals surface area (Å²) in [6, 6.07) is 15.1. The summed E-state index contributed by atoms with van der Waals surface area (Å²) in [5.74, 6) is 1.39. The van der Waals surface area contributed by atoms with E-state index in [-0.39, 0.29) is 11.7 Å². The van der Waals surface area contributed by atoms with Crippen molar-refractivity contribution in [1.82, 2.24) is 9.80 Å². The molecule has 0 bridgehead atoms. The molecule has 0 aliphatic carbocycles. The fourth-order valence-electron chi connectivity index (χ4n) is 4.22. The number of carbonyl (C=O) groups excluding carboxylic acids is 2. The van der Waals surface area contributed by atoms with Gasteiger partial charge in [0.05, 0.1) is 13.7 Å². The van der Waals surface area contributed by atoms with Crippen LogP contribution in [-0.2, 0) is 11.3 Å². The number of carbonyl (C=O) groups is 2. The summed E-state index contributed by atoms with van der Waals surface area (Å²) >= 11 is 0. The highest BCUT2D eigenvalue weighted by Crippen LogP contribution is 2.24. The topological polar surface area (TPSA) is 59.1 Å². The number of piperidine rings is 1. The fourth-order valence-corrected chi connectivity index (χ4v) is 4.22. The Kier molecular flexibility index (Phi) is 8.82. The first-order valence-corrected chi connectivity index (χ1v) is 11.2. The third-order valence-corrected chi connectivity index (χ3v) is 6.16. The van der Waals surface area contributed by atoms with E-state index in [0.717, 1.165) is 44.8 Å². The molecule has 172 valence electrons. The van der Waals surface area contributed by atoms with Gasteiger partial charge in [-0.15, -0.1) is 0 Å². The summed E-state index contributed by atoms with van der Waals surface area (Å²) < 4.78 is 10.7. The van der Waals surface area contributed by atoms with E-state index in [2.05, 4.69) is 11.0 Å². The molecule has 0 spiro atoms. The molecule has 0 unspecified atom stereocenters. The summed E-state index contributed by atoms with van der Waals surface area (Å²) in [5, 5.41) is 0. The third kappa shape index (κ3) is 6.40. The number of hydrogen-bond donors (Lipinski definition) is 0. The number of ether oxygens (including phenoxy) is 2. The largest absolute Gasteiger partial charge is 0.496 e. The lowest BCUT2D eigenvalue weighted by Gasteiger charge is -2.35. The summed E-state index contributed by atoms with van der Waals surface area (Å²) in [4.78, 5) is 29.0. The molecule has 1 saturated heterocycles. The van der Waals surface area contributed by atoms with Crippen LogP contribution >= 0.6 is 0 Å². The maximum Gasteiger partial charge on any atom is 0.253 e. The standard InChI is InChI=1S/C26H34N2O4/c1-20(29)22-8-10-23(11-9-22)26(30)28(16-17-31-2)18-21-12-14-27(15-13-21)19-24-6-4-5-7-25(24)32-3/h4-11,21H,12-19H2,1-3H3. The molecule has 6 nitrogen and oxygen atoms in total. The number of hydrogen-bond acceptors (Lipinski definition) is 5. The summed E-state index contributed by atoms with van der Waals surface area (Å²) in [5.41, 5.74) is 2.44. The van der Waals surface area contributed by atoms with E-state index in [1.807, 2.05) is 23.1 Å². The third-order valence-electron chi connectivity index (χ3n) is 6.16. The average Bonchev–Trinajstić information content (AvgIpc) is 2.82. The molecule has 1 amide bonds. The molecule has 1 aliphatic rings. The number of amides is 1. The molecule has 2 aromatic carbocycles. The summed E-state index contributed by atoms with van der Waals surface area (Å²) in [6.45, 7) is 6.20. The van der Waals surface area contributed by atoms with Gasteiger partial charge in [-0.3, -0.25) is 14.5 Å². The zero-order valence-electron chi connectivity index (χ0n) is 19.4. The van der Waals surface area contributed by atoms with Crippen LogP contribution in [0.2, 0.25) is 0 Å². The molecule has 6 heteroatoms. The van der Waals surface area contributed by atoms with Crippen LogP contribution in [0.5, 0.6) is 5.75 Å². The highest BCUT2D eigenvalue weighted by Gasteiger charge is 2.25. The van der Waals surface area contributed by atoms with Crippen LogP contribution in [-0.4, -0.2) is 68.5 Å². The first-order valence-electron chi connectivity index (χ1n) is 11.2. The Bertz CT molecular complexity index is 889. The first kappa shape index (κ1) is 24.0.